The fraction of sp³-hybridized carbons (Fsp3) is 0.600. The lowest BCUT2D eigenvalue weighted by Crippen LogP contribution is -2.27. The van der Waals surface area contributed by atoms with Gasteiger partial charge in [-0.25, -0.2) is 4.98 Å². The van der Waals surface area contributed by atoms with Gasteiger partial charge in [-0.15, -0.1) is 10.2 Å². The summed E-state index contributed by atoms with van der Waals surface area (Å²) in [6.45, 7) is 5.27. The molecule has 1 N–H and O–H groups in total. The molecule has 0 fully saturated rings. The zero-order valence-corrected chi connectivity index (χ0v) is 21.4. The second-order valence-corrected chi connectivity index (χ2v) is 10.5. The summed E-state index contributed by atoms with van der Waals surface area (Å²) < 4.78 is 35.4. The Labute approximate surface area is 204 Å². The van der Waals surface area contributed by atoms with Crippen molar-refractivity contribution in [3.05, 3.63) is 28.0 Å². The molecular weight excluding hydrogens is 493 g/mol. The highest BCUT2D eigenvalue weighted by molar-refractivity contribution is 7.85. The first kappa shape index (κ1) is 26.9. The second-order valence-electron chi connectivity index (χ2n) is 7.39. The molecule has 0 bridgehead atoms. The Balaban J connectivity index is 2.13. The van der Waals surface area contributed by atoms with Crippen LogP contribution in [0.5, 0.6) is 0 Å². The van der Waals surface area contributed by atoms with Crippen molar-refractivity contribution >= 4 is 61.4 Å². The normalized spacial score (nSPS) is 12.0. The predicted molar refractivity (Wildman–Crippen MR) is 132 cm³/mol. The highest BCUT2D eigenvalue weighted by Gasteiger charge is 2.17. The van der Waals surface area contributed by atoms with Gasteiger partial charge in [0.1, 0.15) is 5.82 Å². The van der Waals surface area contributed by atoms with Gasteiger partial charge in [0, 0.05) is 31.0 Å². The summed E-state index contributed by atoms with van der Waals surface area (Å²) in [4.78, 5) is 6.32. The summed E-state index contributed by atoms with van der Waals surface area (Å²) in [6.07, 6.45) is 6.27. The lowest BCUT2D eigenvalue weighted by Gasteiger charge is -2.26. The molecular formula is C20H29Cl2N5O3S2. The molecule has 0 saturated heterocycles. The van der Waals surface area contributed by atoms with Gasteiger partial charge in [-0.3, -0.25) is 4.55 Å². The van der Waals surface area contributed by atoms with Gasteiger partial charge in [-0.05, 0) is 31.4 Å². The van der Waals surface area contributed by atoms with Crippen molar-refractivity contribution in [2.24, 2.45) is 10.2 Å². The van der Waals surface area contributed by atoms with E-state index in [1.807, 2.05) is 4.90 Å². The first-order chi connectivity index (χ1) is 15.2. The van der Waals surface area contributed by atoms with Crippen LogP contribution >= 0.6 is 34.7 Å². The molecule has 0 spiro atoms. The Bertz CT molecular complexity index is 976. The highest BCUT2D eigenvalue weighted by Crippen LogP contribution is 2.38. The zero-order chi connectivity index (χ0) is 23.6. The number of aryl methyl sites for hydroxylation is 1. The van der Waals surface area contributed by atoms with E-state index in [0.717, 1.165) is 44.3 Å². The third kappa shape index (κ3) is 9.27. The molecule has 0 atom stereocenters. The number of nitrogens with zero attached hydrogens (tertiary/aromatic N) is 5. The van der Waals surface area contributed by atoms with Gasteiger partial charge in [-0.2, -0.15) is 12.8 Å². The molecule has 0 aliphatic carbocycles. The maximum absolute atomic E-state index is 11.1. The van der Waals surface area contributed by atoms with Crippen LogP contribution in [-0.4, -0.2) is 41.2 Å². The molecule has 0 aliphatic heterocycles. The Morgan fingerprint density at radius 1 is 1.03 bits per heavy atom. The standard InChI is InChI=1S/C20H29Cl2N5O3S2/c1-3-5-7-9-18-23-20(31-26-18)25-24-15-13-16(21)19(17(22)14-15)27(10-6-4-2)11-8-12-32(28,29)30/h13-14H,3-12H2,1-2H3,(H,28,29,30). The van der Waals surface area contributed by atoms with Crippen molar-refractivity contribution in [2.75, 3.05) is 23.7 Å². The van der Waals surface area contributed by atoms with Gasteiger partial charge >= 0.3 is 0 Å². The summed E-state index contributed by atoms with van der Waals surface area (Å²) in [5.41, 5.74) is 1.10. The number of hydrogen-bond acceptors (Lipinski definition) is 8. The number of benzene rings is 1. The van der Waals surface area contributed by atoms with Crippen molar-refractivity contribution in [3.8, 4) is 0 Å². The van der Waals surface area contributed by atoms with Crippen molar-refractivity contribution in [3.63, 3.8) is 0 Å². The topological polar surface area (TPSA) is 108 Å². The number of unbranched alkanes of at least 4 members (excludes halogenated alkanes) is 3. The first-order valence-electron chi connectivity index (χ1n) is 10.7. The van der Waals surface area contributed by atoms with E-state index in [2.05, 4.69) is 33.4 Å². The van der Waals surface area contributed by atoms with E-state index in [-0.39, 0.29) is 12.2 Å². The molecule has 2 rings (SSSR count). The largest absolute Gasteiger partial charge is 0.369 e. The lowest BCUT2D eigenvalue weighted by atomic mass is 10.2. The molecule has 12 heteroatoms. The van der Waals surface area contributed by atoms with E-state index in [1.165, 1.54) is 11.5 Å². The highest BCUT2D eigenvalue weighted by atomic mass is 35.5. The minimum atomic E-state index is -4.02. The fourth-order valence-corrected chi connectivity index (χ4v) is 4.81. The van der Waals surface area contributed by atoms with Crippen LogP contribution in [0.1, 0.15) is 58.2 Å². The lowest BCUT2D eigenvalue weighted by molar-refractivity contribution is 0.481. The van der Waals surface area contributed by atoms with Crippen LogP contribution in [0.2, 0.25) is 10.0 Å². The van der Waals surface area contributed by atoms with Crippen LogP contribution < -0.4 is 4.90 Å². The number of azo groups is 1. The number of hydrogen-bond donors (Lipinski definition) is 1. The fourth-order valence-electron chi connectivity index (χ4n) is 3.05. The van der Waals surface area contributed by atoms with Gasteiger partial charge in [0.2, 0.25) is 5.13 Å². The summed E-state index contributed by atoms with van der Waals surface area (Å²) in [5.74, 6) is 0.458. The smallest absolute Gasteiger partial charge is 0.264 e. The average molecular weight is 523 g/mol. The van der Waals surface area contributed by atoms with Gasteiger partial charge in [0.15, 0.2) is 0 Å². The monoisotopic (exact) mass is 521 g/mol. The summed E-state index contributed by atoms with van der Waals surface area (Å²) in [6, 6.07) is 3.33. The van der Waals surface area contributed by atoms with Gasteiger partial charge < -0.3 is 4.90 Å². The summed E-state index contributed by atoms with van der Waals surface area (Å²) in [7, 11) is -4.02. The molecule has 0 aliphatic rings. The van der Waals surface area contributed by atoms with Gasteiger partial charge in [0.25, 0.3) is 10.1 Å². The Hall–Kier alpha value is -1.33. The summed E-state index contributed by atoms with van der Waals surface area (Å²) in [5, 5.41) is 9.62. The molecule has 32 heavy (non-hydrogen) atoms. The molecule has 8 nitrogen and oxygen atoms in total. The molecule has 1 heterocycles. The van der Waals surface area contributed by atoms with Gasteiger partial charge in [0.05, 0.1) is 27.2 Å². The Morgan fingerprint density at radius 2 is 1.69 bits per heavy atom. The minimum Gasteiger partial charge on any atom is -0.369 e. The van der Waals surface area contributed by atoms with Crippen LogP contribution in [0, 0.1) is 0 Å². The summed E-state index contributed by atoms with van der Waals surface area (Å²) >= 11 is 14.2. The predicted octanol–water partition coefficient (Wildman–Crippen LogP) is 6.88. The van der Waals surface area contributed by atoms with Crippen molar-refractivity contribution in [2.45, 2.75) is 58.8 Å². The van der Waals surface area contributed by atoms with E-state index < -0.39 is 10.1 Å². The third-order valence-corrected chi connectivity index (χ3v) is 6.66. The van der Waals surface area contributed by atoms with Gasteiger partial charge in [-0.1, -0.05) is 56.3 Å². The number of halogens is 2. The zero-order valence-electron chi connectivity index (χ0n) is 18.3. The number of aromatic nitrogens is 2. The van der Waals surface area contributed by atoms with E-state index in [1.54, 1.807) is 12.1 Å². The first-order valence-corrected chi connectivity index (χ1v) is 13.8. The SMILES string of the molecule is CCCCCc1nsc(N=Nc2cc(Cl)c(N(CCCC)CCCS(=O)(=O)O)c(Cl)c2)n1. The average Bonchev–Trinajstić information content (AvgIpc) is 3.16. The number of rotatable bonds is 14. The van der Waals surface area contributed by atoms with Crippen molar-refractivity contribution < 1.29 is 13.0 Å². The molecule has 1 aromatic carbocycles. The third-order valence-electron chi connectivity index (χ3n) is 4.64. The molecule has 2 aromatic rings. The Morgan fingerprint density at radius 3 is 2.31 bits per heavy atom. The maximum Gasteiger partial charge on any atom is 0.264 e. The molecule has 0 amide bonds. The van der Waals surface area contributed by atoms with Crippen LogP contribution in [0.25, 0.3) is 0 Å². The van der Waals surface area contributed by atoms with Crippen LogP contribution in [0.3, 0.4) is 0 Å². The van der Waals surface area contributed by atoms with Crippen LogP contribution in [-0.2, 0) is 16.5 Å². The molecule has 0 unspecified atom stereocenters. The van der Waals surface area contributed by atoms with Crippen molar-refractivity contribution in [1.82, 2.24) is 9.36 Å². The van der Waals surface area contributed by atoms with E-state index in [4.69, 9.17) is 27.8 Å². The second kappa shape index (κ2) is 13.4. The van der Waals surface area contributed by atoms with Crippen LogP contribution in [0.15, 0.2) is 22.4 Å². The van der Waals surface area contributed by atoms with E-state index in [0.29, 0.717) is 39.6 Å². The quantitative estimate of drug-likeness (QED) is 0.165. The van der Waals surface area contributed by atoms with E-state index in [9.17, 15) is 8.42 Å². The molecule has 0 saturated carbocycles. The number of anilines is 1. The van der Waals surface area contributed by atoms with E-state index >= 15 is 0 Å². The maximum atomic E-state index is 11.1. The minimum absolute atomic E-state index is 0.258. The van der Waals surface area contributed by atoms with Crippen LogP contribution in [0.4, 0.5) is 16.5 Å². The van der Waals surface area contributed by atoms with Crippen molar-refractivity contribution in [1.29, 1.82) is 0 Å². The molecule has 178 valence electrons. The molecule has 1 aromatic heterocycles. The molecule has 0 radical (unpaired) electrons. The Kier molecular flexibility index (Phi) is 11.3.